The SMILES string of the molecule is CC1(C)c2c(ccc3ccccc23)-c2c1c1ccccc1n2-c1ccc(C2=NC(c3ccccc3)C=C(c3ccccc3)N2)cc1. The average molecular weight is 592 g/mol. The van der Waals surface area contributed by atoms with E-state index < -0.39 is 0 Å². The number of para-hydroxylation sites is 1. The Labute approximate surface area is 269 Å². The largest absolute Gasteiger partial charge is 0.340 e. The van der Waals surface area contributed by atoms with E-state index in [0.717, 1.165) is 28.3 Å². The van der Waals surface area contributed by atoms with Crippen LogP contribution in [-0.4, -0.2) is 10.4 Å². The summed E-state index contributed by atoms with van der Waals surface area (Å²) < 4.78 is 2.47. The molecule has 7 aromatic rings. The first-order valence-corrected chi connectivity index (χ1v) is 16.0. The van der Waals surface area contributed by atoms with E-state index in [2.05, 4.69) is 175 Å². The molecule has 0 saturated heterocycles. The van der Waals surface area contributed by atoms with Crippen LogP contribution in [0.5, 0.6) is 0 Å². The quantitative estimate of drug-likeness (QED) is 0.217. The summed E-state index contributed by atoms with van der Waals surface area (Å²) in [5.41, 5.74) is 12.1. The third-order valence-corrected chi connectivity index (χ3v) is 9.78. The second kappa shape index (κ2) is 10.2. The van der Waals surface area contributed by atoms with Crippen molar-refractivity contribution in [2.75, 3.05) is 0 Å². The third-order valence-electron chi connectivity index (χ3n) is 9.78. The molecule has 0 saturated carbocycles. The summed E-state index contributed by atoms with van der Waals surface area (Å²) in [6, 6.07) is 52.1. The predicted molar refractivity (Wildman–Crippen MR) is 192 cm³/mol. The molecule has 0 radical (unpaired) electrons. The Morgan fingerprint density at radius 3 is 2.07 bits per heavy atom. The van der Waals surface area contributed by atoms with Crippen LogP contribution in [0.15, 0.2) is 157 Å². The fourth-order valence-corrected chi connectivity index (χ4v) is 7.72. The Bertz CT molecular complexity index is 2340. The summed E-state index contributed by atoms with van der Waals surface area (Å²) in [6.45, 7) is 4.77. The molecular weight excluding hydrogens is 558 g/mol. The summed E-state index contributed by atoms with van der Waals surface area (Å²) >= 11 is 0. The standard InChI is InChI=1S/C43H33N3/c1-43(2)39-33-18-10-9-13-28(33)23-26-35(39)41-40(43)34-19-11-12-20-38(34)46(41)32-24-21-31(22-25-32)42-44-36(29-14-5-3-6-15-29)27-37(45-42)30-16-7-4-8-17-30/h3-27,36H,1-2H3,(H,44,45). The van der Waals surface area contributed by atoms with Gasteiger partial charge in [0.25, 0.3) is 0 Å². The number of hydrogen-bond acceptors (Lipinski definition) is 2. The van der Waals surface area contributed by atoms with Crippen LogP contribution in [0.4, 0.5) is 0 Å². The zero-order chi connectivity index (χ0) is 30.8. The number of nitrogens with zero attached hydrogens (tertiary/aromatic N) is 2. The molecule has 2 heterocycles. The molecule has 1 aliphatic carbocycles. The fraction of sp³-hybridized carbons (Fsp3) is 0.0930. The number of aromatic nitrogens is 1. The maximum Gasteiger partial charge on any atom is 0.133 e. The van der Waals surface area contributed by atoms with E-state index in [0.29, 0.717) is 0 Å². The van der Waals surface area contributed by atoms with Crippen LogP contribution in [0.2, 0.25) is 0 Å². The van der Waals surface area contributed by atoms with Gasteiger partial charge in [-0.1, -0.05) is 129 Å². The molecule has 6 aromatic carbocycles. The van der Waals surface area contributed by atoms with Crippen LogP contribution < -0.4 is 5.32 Å². The molecule has 1 unspecified atom stereocenters. The highest BCUT2D eigenvalue weighted by molar-refractivity contribution is 6.06. The normalized spacial score (nSPS) is 16.4. The Hall–Kier alpha value is -5.67. The van der Waals surface area contributed by atoms with Crippen molar-refractivity contribution >= 4 is 33.2 Å². The highest BCUT2D eigenvalue weighted by atomic mass is 15.0. The van der Waals surface area contributed by atoms with Gasteiger partial charge in [-0.15, -0.1) is 0 Å². The Balaban J connectivity index is 1.18. The zero-order valence-corrected chi connectivity index (χ0v) is 25.9. The molecule has 1 atom stereocenters. The predicted octanol–water partition coefficient (Wildman–Crippen LogP) is 10.2. The minimum absolute atomic E-state index is 0.0717. The number of nitrogens with one attached hydrogen (secondary N) is 1. The van der Waals surface area contributed by atoms with E-state index in [9.17, 15) is 0 Å². The van der Waals surface area contributed by atoms with Gasteiger partial charge in [-0.2, -0.15) is 0 Å². The van der Waals surface area contributed by atoms with Gasteiger partial charge in [0.15, 0.2) is 0 Å². The van der Waals surface area contributed by atoms with Crippen LogP contribution in [-0.2, 0) is 5.41 Å². The first-order valence-electron chi connectivity index (χ1n) is 16.0. The molecule has 3 nitrogen and oxygen atoms in total. The van der Waals surface area contributed by atoms with Gasteiger partial charge >= 0.3 is 0 Å². The number of rotatable bonds is 4. The molecule has 3 heteroatoms. The number of fused-ring (bicyclic) bond motifs is 7. The number of aliphatic imine (C=N–C) groups is 1. The molecule has 0 fully saturated rings. The van der Waals surface area contributed by atoms with E-state index in [-0.39, 0.29) is 11.5 Å². The van der Waals surface area contributed by atoms with E-state index in [1.165, 1.54) is 49.6 Å². The minimum Gasteiger partial charge on any atom is -0.340 e. The summed E-state index contributed by atoms with van der Waals surface area (Å²) in [7, 11) is 0. The lowest BCUT2D eigenvalue weighted by atomic mass is 9.79. The first kappa shape index (κ1) is 26.7. The molecular formula is C43H33N3. The van der Waals surface area contributed by atoms with Crippen molar-refractivity contribution in [2.45, 2.75) is 25.3 Å². The van der Waals surface area contributed by atoms with E-state index >= 15 is 0 Å². The smallest absolute Gasteiger partial charge is 0.133 e. The van der Waals surface area contributed by atoms with E-state index in [1.807, 2.05) is 0 Å². The van der Waals surface area contributed by atoms with Crippen molar-refractivity contribution in [3.63, 3.8) is 0 Å². The Morgan fingerprint density at radius 1 is 0.609 bits per heavy atom. The Kier molecular flexibility index (Phi) is 5.91. The highest BCUT2D eigenvalue weighted by Gasteiger charge is 2.41. The number of benzene rings is 6. The summed E-state index contributed by atoms with van der Waals surface area (Å²) in [4.78, 5) is 5.20. The molecule has 2 aliphatic rings. The van der Waals surface area contributed by atoms with Gasteiger partial charge in [0, 0.05) is 33.3 Å². The third kappa shape index (κ3) is 4.02. The van der Waals surface area contributed by atoms with Crippen molar-refractivity contribution < 1.29 is 0 Å². The molecule has 1 aromatic heterocycles. The van der Waals surface area contributed by atoms with Crippen LogP contribution >= 0.6 is 0 Å². The van der Waals surface area contributed by atoms with Crippen LogP contribution in [0.25, 0.3) is 44.3 Å². The molecule has 0 amide bonds. The van der Waals surface area contributed by atoms with E-state index in [4.69, 9.17) is 4.99 Å². The lowest BCUT2D eigenvalue weighted by molar-refractivity contribution is 0.672. The fourth-order valence-electron chi connectivity index (χ4n) is 7.72. The number of hydrogen-bond donors (Lipinski definition) is 1. The van der Waals surface area contributed by atoms with Gasteiger partial charge in [-0.05, 0) is 69.4 Å². The molecule has 220 valence electrons. The topological polar surface area (TPSA) is 29.3 Å². The van der Waals surface area contributed by atoms with Crippen LogP contribution in [0.3, 0.4) is 0 Å². The zero-order valence-electron chi connectivity index (χ0n) is 25.9. The second-order valence-electron chi connectivity index (χ2n) is 12.9. The molecule has 1 N–H and O–H groups in total. The number of amidine groups is 1. The lowest BCUT2D eigenvalue weighted by Crippen LogP contribution is -2.27. The maximum absolute atomic E-state index is 5.20. The van der Waals surface area contributed by atoms with Gasteiger partial charge in [0.1, 0.15) is 5.84 Å². The van der Waals surface area contributed by atoms with E-state index in [1.54, 1.807) is 0 Å². The van der Waals surface area contributed by atoms with Gasteiger partial charge in [0.2, 0.25) is 0 Å². The van der Waals surface area contributed by atoms with Crippen LogP contribution in [0, 0.1) is 0 Å². The molecule has 9 rings (SSSR count). The molecule has 46 heavy (non-hydrogen) atoms. The van der Waals surface area contributed by atoms with Gasteiger partial charge in [-0.25, -0.2) is 0 Å². The van der Waals surface area contributed by atoms with Crippen molar-refractivity contribution in [3.8, 4) is 16.9 Å². The Morgan fingerprint density at radius 2 is 1.28 bits per heavy atom. The van der Waals surface area contributed by atoms with Gasteiger partial charge < -0.3 is 9.88 Å². The maximum atomic E-state index is 5.20. The second-order valence-corrected chi connectivity index (χ2v) is 12.9. The van der Waals surface area contributed by atoms with Crippen molar-refractivity contribution in [1.29, 1.82) is 0 Å². The van der Waals surface area contributed by atoms with Gasteiger partial charge in [-0.3, -0.25) is 4.99 Å². The lowest BCUT2D eigenvalue weighted by Gasteiger charge is -2.23. The molecule has 1 aliphatic heterocycles. The van der Waals surface area contributed by atoms with Crippen molar-refractivity contribution in [3.05, 3.63) is 179 Å². The summed E-state index contributed by atoms with van der Waals surface area (Å²) in [5, 5.41) is 7.60. The highest BCUT2D eigenvalue weighted by Crippen LogP contribution is 2.55. The average Bonchev–Trinajstić information content (AvgIpc) is 3.59. The van der Waals surface area contributed by atoms with Gasteiger partial charge in [0.05, 0.1) is 17.3 Å². The molecule has 0 spiro atoms. The first-order chi connectivity index (χ1) is 22.6. The summed E-state index contributed by atoms with van der Waals surface area (Å²) in [5.74, 6) is 0.877. The molecule has 0 bridgehead atoms. The van der Waals surface area contributed by atoms with Crippen molar-refractivity contribution in [2.24, 2.45) is 4.99 Å². The van der Waals surface area contributed by atoms with Crippen LogP contribution in [0.1, 0.15) is 47.7 Å². The summed E-state index contributed by atoms with van der Waals surface area (Å²) in [6.07, 6.45) is 2.22. The monoisotopic (exact) mass is 591 g/mol. The van der Waals surface area contributed by atoms with Crippen molar-refractivity contribution in [1.82, 2.24) is 9.88 Å². The minimum atomic E-state index is -0.135.